The highest BCUT2D eigenvalue weighted by molar-refractivity contribution is 6.01. The summed E-state index contributed by atoms with van der Waals surface area (Å²) in [6.45, 7) is 0.340. The van der Waals surface area contributed by atoms with Gasteiger partial charge in [-0.3, -0.25) is 4.79 Å². The van der Waals surface area contributed by atoms with Gasteiger partial charge in [-0.2, -0.15) is 0 Å². The Morgan fingerprint density at radius 3 is 1.86 bits per heavy atom. The predicted octanol–water partition coefficient (Wildman–Crippen LogP) is 3.23. The van der Waals surface area contributed by atoms with Gasteiger partial charge in [0.25, 0.3) is 5.91 Å². The van der Waals surface area contributed by atoms with Gasteiger partial charge in [0, 0.05) is 18.7 Å². The molecule has 1 aliphatic rings. The van der Waals surface area contributed by atoms with Crippen molar-refractivity contribution in [1.82, 2.24) is 4.90 Å². The van der Waals surface area contributed by atoms with Crippen molar-refractivity contribution in [2.24, 2.45) is 0 Å². The number of hydrogen-bond acceptors (Lipinski definition) is 4. The van der Waals surface area contributed by atoms with E-state index in [1.54, 1.807) is 29.2 Å². The van der Waals surface area contributed by atoms with Crippen molar-refractivity contribution in [3.05, 3.63) is 95.1 Å². The molecule has 28 heavy (non-hydrogen) atoms. The molecule has 142 valence electrons. The number of phenols is 2. The molecule has 1 aliphatic heterocycles. The number of aromatic hydroxyl groups is 2. The number of amides is 1. The third-order valence-electron chi connectivity index (χ3n) is 5.31. The van der Waals surface area contributed by atoms with Crippen LogP contribution in [0, 0.1) is 0 Å². The first-order chi connectivity index (χ1) is 13.6. The van der Waals surface area contributed by atoms with Crippen molar-refractivity contribution in [2.75, 3.05) is 13.2 Å². The number of fused-ring (bicyclic) bond motifs is 1. The average Bonchev–Trinajstić information content (AvgIpc) is 2.97. The number of carbonyl (C=O) groups is 1. The molecule has 0 bridgehead atoms. The maximum absolute atomic E-state index is 13.3. The van der Waals surface area contributed by atoms with Gasteiger partial charge < -0.3 is 20.2 Å². The van der Waals surface area contributed by atoms with Crippen molar-refractivity contribution in [3.8, 4) is 11.5 Å². The lowest BCUT2D eigenvalue weighted by molar-refractivity contribution is 0.0661. The van der Waals surface area contributed by atoms with E-state index in [1.807, 2.05) is 48.5 Å². The first-order valence-electron chi connectivity index (χ1n) is 9.20. The molecule has 3 N–H and O–H groups in total. The summed E-state index contributed by atoms with van der Waals surface area (Å²) in [6.07, 6.45) is 0.442. The Morgan fingerprint density at radius 1 is 0.786 bits per heavy atom. The highest BCUT2D eigenvalue weighted by Gasteiger charge is 2.51. The Kier molecular flexibility index (Phi) is 4.53. The molecule has 3 aromatic carbocycles. The van der Waals surface area contributed by atoms with Crippen LogP contribution in [0.25, 0.3) is 0 Å². The van der Waals surface area contributed by atoms with E-state index in [9.17, 15) is 20.1 Å². The SMILES string of the molecule is O=C1c2ccccc2C(c2ccc(O)cc2)(c2ccc(O)cc2)N1CCCO. The molecule has 0 saturated heterocycles. The third-order valence-corrected chi connectivity index (χ3v) is 5.31. The molecule has 5 heteroatoms. The molecule has 3 aromatic rings. The summed E-state index contributed by atoms with van der Waals surface area (Å²) in [7, 11) is 0. The van der Waals surface area contributed by atoms with Crippen molar-refractivity contribution in [2.45, 2.75) is 12.0 Å². The minimum atomic E-state index is -0.912. The van der Waals surface area contributed by atoms with Crippen LogP contribution in [-0.4, -0.2) is 39.3 Å². The number of hydrogen-bond donors (Lipinski definition) is 3. The van der Waals surface area contributed by atoms with Gasteiger partial charge in [-0.05, 0) is 53.4 Å². The summed E-state index contributed by atoms with van der Waals surface area (Å²) in [4.78, 5) is 15.1. The van der Waals surface area contributed by atoms with Crippen molar-refractivity contribution in [1.29, 1.82) is 0 Å². The summed E-state index contributed by atoms with van der Waals surface area (Å²) in [5, 5.41) is 29.0. The quantitative estimate of drug-likeness (QED) is 0.640. The van der Waals surface area contributed by atoms with Gasteiger partial charge in [0.05, 0.1) is 0 Å². The number of aliphatic hydroxyl groups is 1. The van der Waals surface area contributed by atoms with Crippen LogP contribution in [-0.2, 0) is 5.54 Å². The van der Waals surface area contributed by atoms with Crippen LogP contribution < -0.4 is 0 Å². The Balaban J connectivity index is 2.05. The topological polar surface area (TPSA) is 81.0 Å². The number of aliphatic hydroxyl groups excluding tert-OH is 1. The van der Waals surface area contributed by atoms with E-state index in [0.717, 1.165) is 16.7 Å². The normalized spacial score (nSPS) is 14.9. The van der Waals surface area contributed by atoms with E-state index in [4.69, 9.17) is 0 Å². The van der Waals surface area contributed by atoms with E-state index in [0.29, 0.717) is 18.5 Å². The second-order valence-electron chi connectivity index (χ2n) is 6.88. The van der Waals surface area contributed by atoms with Gasteiger partial charge in [0.1, 0.15) is 17.0 Å². The average molecular weight is 375 g/mol. The number of nitrogens with zero attached hydrogens (tertiary/aromatic N) is 1. The Hall–Kier alpha value is -3.31. The Morgan fingerprint density at radius 2 is 1.32 bits per heavy atom. The summed E-state index contributed by atoms with van der Waals surface area (Å²) in [6, 6.07) is 21.1. The Bertz CT molecular complexity index is 950. The second kappa shape index (κ2) is 7.02. The minimum Gasteiger partial charge on any atom is -0.508 e. The zero-order chi connectivity index (χ0) is 19.7. The van der Waals surface area contributed by atoms with Gasteiger partial charge in [0.15, 0.2) is 0 Å². The second-order valence-corrected chi connectivity index (χ2v) is 6.88. The van der Waals surface area contributed by atoms with E-state index in [-0.39, 0.29) is 24.0 Å². The molecule has 5 nitrogen and oxygen atoms in total. The summed E-state index contributed by atoms with van der Waals surface area (Å²) in [5.74, 6) is 0.179. The number of phenolic OH excluding ortho intramolecular Hbond substituents is 2. The molecule has 0 spiro atoms. The van der Waals surface area contributed by atoms with Crippen LogP contribution in [0.3, 0.4) is 0 Å². The van der Waals surface area contributed by atoms with E-state index < -0.39 is 5.54 Å². The lowest BCUT2D eigenvalue weighted by Crippen LogP contribution is -2.46. The zero-order valence-electron chi connectivity index (χ0n) is 15.2. The van der Waals surface area contributed by atoms with Gasteiger partial charge in [-0.15, -0.1) is 0 Å². The largest absolute Gasteiger partial charge is 0.508 e. The molecule has 4 rings (SSSR count). The lowest BCUT2D eigenvalue weighted by Gasteiger charge is -2.40. The zero-order valence-corrected chi connectivity index (χ0v) is 15.2. The van der Waals surface area contributed by atoms with Crippen molar-refractivity contribution >= 4 is 5.91 Å². The van der Waals surface area contributed by atoms with Crippen molar-refractivity contribution in [3.63, 3.8) is 0 Å². The third kappa shape index (κ3) is 2.63. The van der Waals surface area contributed by atoms with E-state index >= 15 is 0 Å². The lowest BCUT2D eigenvalue weighted by atomic mass is 9.77. The van der Waals surface area contributed by atoms with Gasteiger partial charge in [-0.1, -0.05) is 42.5 Å². The maximum Gasteiger partial charge on any atom is 0.255 e. The molecule has 1 amide bonds. The highest BCUT2D eigenvalue weighted by atomic mass is 16.3. The van der Waals surface area contributed by atoms with Crippen molar-refractivity contribution < 1.29 is 20.1 Å². The first kappa shape index (κ1) is 18.1. The molecule has 0 unspecified atom stereocenters. The summed E-state index contributed by atoms with van der Waals surface area (Å²) >= 11 is 0. The van der Waals surface area contributed by atoms with Crippen LogP contribution in [0.15, 0.2) is 72.8 Å². The number of benzene rings is 3. The molecular weight excluding hydrogens is 354 g/mol. The fourth-order valence-electron chi connectivity index (χ4n) is 4.12. The van der Waals surface area contributed by atoms with Gasteiger partial charge in [-0.25, -0.2) is 0 Å². The monoisotopic (exact) mass is 375 g/mol. The summed E-state index contributed by atoms with van der Waals surface area (Å²) < 4.78 is 0. The molecule has 0 aliphatic carbocycles. The number of carbonyl (C=O) groups excluding carboxylic acids is 1. The molecule has 1 heterocycles. The van der Waals surface area contributed by atoms with Crippen LogP contribution >= 0.6 is 0 Å². The fraction of sp³-hybridized carbons (Fsp3) is 0.174. The highest BCUT2D eigenvalue weighted by Crippen LogP contribution is 2.49. The van der Waals surface area contributed by atoms with E-state index in [1.165, 1.54) is 0 Å². The smallest absolute Gasteiger partial charge is 0.255 e. The molecule has 0 saturated carbocycles. The predicted molar refractivity (Wildman–Crippen MR) is 105 cm³/mol. The van der Waals surface area contributed by atoms with Gasteiger partial charge >= 0.3 is 0 Å². The standard InChI is InChI=1S/C23H21NO4/c25-15-3-14-24-22(28)20-4-1-2-5-21(20)23(24,16-6-10-18(26)11-7-16)17-8-12-19(27)13-9-17/h1-2,4-13,25-27H,3,14-15H2. The van der Waals surface area contributed by atoms with E-state index in [2.05, 4.69) is 0 Å². The number of rotatable bonds is 5. The van der Waals surface area contributed by atoms with Gasteiger partial charge in [0.2, 0.25) is 0 Å². The van der Waals surface area contributed by atoms with Crippen LogP contribution in [0.1, 0.15) is 33.5 Å². The molecule has 0 radical (unpaired) electrons. The fourth-order valence-corrected chi connectivity index (χ4v) is 4.12. The Labute approximate surface area is 163 Å². The molecule has 0 atom stereocenters. The molecule has 0 aromatic heterocycles. The minimum absolute atomic E-state index is 0.0264. The van der Waals surface area contributed by atoms with Crippen LogP contribution in [0.5, 0.6) is 11.5 Å². The molecule has 0 fully saturated rings. The first-order valence-corrected chi connectivity index (χ1v) is 9.20. The van der Waals surface area contributed by atoms with Crippen LogP contribution in [0.4, 0.5) is 0 Å². The molecular formula is C23H21NO4. The van der Waals surface area contributed by atoms with Crippen LogP contribution in [0.2, 0.25) is 0 Å². The summed E-state index contributed by atoms with van der Waals surface area (Å²) in [5.41, 5.74) is 2.19. The maximum atomic E-state index is 13.3.